The summed E-state index contributed by atoms with van der Waals surface area (Å²) in [5, 5.41) is 0.859. The molecular weight excluding hydrogens is 484 g/mol. The number of pyridine rings is 1. The van der Waals surface area contributed by atoms with E-state index in [1.54, 1.807) is 24.4 Å². The number of halogens is 3. The number of aromatic nitrogens is 2. The van der Waals surface area contributed by atoms with Crippen LogP contribution < -0.4 is 11.5 Å². The number of aliphatic imine (C=N–C) groups is 1. The molecule has 6 nitrogen and oxygen atoms in total. The Morgan fingerprint density at radius 3 is 2.81 bits per heavy atom. The van der Waals surface area contributed by atoms with Crippen LogP contribution in [-0.2, 0) is 0 Å². The van der Waals surface area contributed by atoms with Crippen LogP contribution >= 0.6 is 11.6 Å². The van der Waals surface area contributed by atoms with Crippen LogP contribution in [0.1, 0.15) is 45.1 Å². The molecule has 0 aliphatic rings. The summed E-state index contributed by atoms with van der Waals surface area (Å²) in [6, 6.07) is 6.98. The van der Waals surface area contributed by atoms with Crippen LogP contribution in [0.3, 0.4) is 0 Å². The van der Waals surface area contributed by atoms with Crippen molar-refractivity contribution in [1.29, 1.82) is 0 Å². The molecule has 2 aromatic heterocycles. The van der Waals surface area contributed by atoms with Gasteiger partial charge >= 0.3 is 0 Å². The zero-order valence-electron chi connectivity index (χ0n) is 18.6. The number of carbonyl (C=O) groups is 1. The number of hydrogen-bond acceptors (Lipinski definition) is 4. The first-order chi connectivity index (χ1) is 17.3. The first-order valence-electron chi connectivity index (χ1n) is 10.6. The lowest BCUT2D eigenvalue weighted by atomic mass is 10.0. The number of hydrogen-bond donors (Lipinski definition) is 3. The molecule has 36 heavy (non-hydrogen) atoms. The number of anilines is 1. The standard InChI is InChI=1S/C27H18ClF2N5O/c1-2-15-10-22(28)21(24(31)11-15)14-34-25(19-12-16(29)6-7-23(19)30)5-3-4-17-18-8-9-33-27(18)35-13-20(17)26(32)36/h1,6-14,25H,5,31H2,(H2,32,36)(H,33,35). The third-order valence-corrected chi connectivity index (χ3v) is 5.70. The van der Waals surface area contributed by atoms with Gasteiger partial charge in [0.15, 0.2) is 0 Å². The first-order valence-corrected chi connectivity index (χ1v) is 10.9. The van der Waals surface area contributed by atoms with Gasteiger partial charge in [0.25, 0.3) is 5.91 Å². The second-order valence-electron chi connectivity index (χ2n) is 7.72. The summed E-state index contributed by atoms with van der Waals surface area (Å²) >= 11 is 6.29. The average Bonchev–Trinajstić information content (AvgIpc) is 3.33. The van der Waals surface area contributed by atoms with Gasteiger partial charge in [0.05, 0.1) is 16.6 Å². The van der Waals surface area contributed by atoms with Crippen LogP contribution in [0.2, 0.25) is 5.02 Å². The van der Waals surface area contributed by atoms with Gasteiger partial charge in [-0.25, -0.2) is 13.8 Å². The molecule has 1 atom stereocenters. The second-order valence-corrected chi connectivity index (χ2v) is 8.13. The molecule has 0 radical (unpaired) electrons. The SMILES string of the molecule is C#Cc1cc(N)c(C=NC(CC#Cc2c(C(N)=O)cnc3[nH]ccc23)c2cc(F)ccc2F)c(Cl)c1. The molecule has 1 amide bonds. The van der Waals surface area contributed by atoms with Crippen molar-refractivity contribution in [2.45, 2.75) is 12.5 Å². The molecule has 2 aromatic carbocycles. The number of nitrogens with zero attached hydrogens (tertiary/aromatic N) is 2. The molecule has 0 aliphatic heterocycles. The van der Waals surface area contributed by atoms with Gasteiger partial charge in [0.1, 0.15) is 17.3 Å². The van der Waals surface area contributed by atoms with Crippen LogP contribution in [0.4, 0.5) is 14.5 Å². The molecule has 0 aliphatic carbocycles. The molecule has 0 saturated carbocycles. The minimum absolute atomic E-state index is 0.00728. The molecule has 0 fully saturated rings. The minimum atomic E-state index is -0.920. The normalized spacial score (nSPS) is 11.7. The zero-order chi connectivity index (χ0) is 25.8. The zero-order valence-corrected chi connectivity index (χ0v) is 19.4. The summed E-state index contributed by atoms with van der Waals surface area (Å²) in [7, 11) is 0. The number of terminal acetylenes is 1. The number of rotatable bonds is 5. The molecule has 4 rings (SSSR count). The summed E-state index contributed by atoms with van der Waals surface area (Å²) in [6.45, 7) is 0. The molecule has 0 bridgehead atoms. The van der Waals surface area contributed by atoms with E-state index >= 15 is 0 Å². The van der Waals surface area contributed by atoms with Crippen molar-refractivity contribution in [3.8, 4) is 24.2 Å². The Hall–Kier alpha value is -4.66. The van der Waals surface area contributed by atoms with Gasteiger partial charge in [0, 0.05) is 58.4 Å². The van der Waals surface area contributed by atoms with Crippen molar-refractivity contribution in [3.05, 3.63) is 93.3 Å². The van der Waals surface area contributed by atoms with E-state index in [2.05, 4.69) is 32.7 Å². The van der Waals surface area contributed by atoms with Gasteiger partial charge < -0.3 is 16.5 Å². The number of nitrogens with two attached hydrogens (primary N) is 2. The summed E-state index contributed by atoms with van der Waals surface area (Å²) in [5.41, 5.74) is 13.7. The quantitative estimate of drug-likeness (QED) is 0.208. The van der Waals surface area contributed by atoms with E-state index in [9.17, 15) is 13.6 Å². The summed E-state index contributed by atoms with van der Waals surface area (Å²) in [6.07, 6.45) is 9.74. The Morgan fingerprint density at radius 2 is 2.08 bits per heavy atom. The molecule has 9 heteroatoms. The van der Waals surface area contributed by atoms with E-state index in [1.165, 1.54) is 12.4 Å². The number of H-pyrrole nitrogens is 1. The van der Waals surface area contributed by atoms with Crippen molar-refractivity contribution < 1.29 is 13.6 Å². The highest BCUT2D eigenvalue weighted by atomic mass is 35.5. The maximum Gasteiger partial charge on any atom is 0.251 e. The van der Waals surface area contributed by atoms with E-state index in [4.69, 9.17) is 29.5 Å². The lowest BCUT2D eigenvalue weighted by molar-refractivity contribution is 0.1000. The van der Waals surface area contributed by atoms with Gasteiger partial charge in [-0.15, -0.1) is 6.42 Å². The summed E-state index contributed by atoms with van der Waals surface area (Å²) in [4.78, 5) is 23.4. The smallest absolute Gasteiger partial charge is 0.251 e. The number of primary amides is 1. The maximum absolute atomic E-state index is 14.7. The predicted molar refractivity (Wildman–Crippen MR) is 137 cm³/mol. The van der Waals surface area contributed by atoms with Crippen LogP contribution in [0, 0.1) is 35.8 Å². The van der Waals surface area contributed by atoms with Gasteiger partial charge in [-0.2, -0.15) is 0 Å². The van der Waals surface area contributed by atoms with Crippen molar-refractivity contribution >= 4 is 40.4 Å². The van der Waals surface area contributed by atoms with Gasteiger partial charge in [-0.05, 0) is 36.4 Å². The fourth-order valence-corrected chi connectivity index (χ4v) is 3.88. The number of nitrogens with one attached hydrogen (secondary N) is 1. The Bertz CT molecular complexity index is 1600. The van der Waals surface area contributed by atoms with Crippen LogP contribution in [0.25, 0.3) is 11.0 Å². The fourth-order valence-electron chi connectivity index (χ4n) is 3.60. The Morgan fingerprint density at radius 1 is 1.28 bits per heavy atom. The first kappa shape index (κ1) is 24.5. The monoisotopic (exact) mass is 501 g/mol. The molecule has 178 valence electrons. The molecule has 5 N–H and O–H groups in total. The number of benzene rings is 2. The van der Waals surface area contributed by atoms with Crippen molar-refractivity contribution in [3.63, 3.8) is 0 Å². The molecule has 4 aromatic rings. The number of carbonyl (C=O) groups excluding carboxylic acids is 1. The number of nitrogen functional groups attached to an aromatic ring is 1. The van der Waals surface area contributed by atoms with Crippen LogP contribution in [-0.4, -0.2) is 22.1 Å². The maximum atomic E-state index is 14.7. The molecule has 0 saturated heterocycles. The lowest BCUT2D eigenvalue weighted by Crippen LogP contribution is -2.13. The van der Waals surface area contributed by atoms with Crippen molar-refractivity contribution in [2.24, 2.45) is 10.7 Å². The number of fused-ring (bicyclic) bond motifs is 1. The van der Waals surface area contributed by atoms with E-state index < -0.39 is 23.6 Å². The molecular formula is C27H18ClF2N5O. The minimum Gasteiger partial charge on any atom is -0.398 e. The summed E-state index contributed by atoms with van der Waals surface area (Å²) in [5.74, 6) is 6.30. The predicted octanol–water partition coefficient (Wildman–Crippen LogP) is 4.76. The van der Waals surface area contributed by atoms with Crippen molar-refractivity contribution in [2.75, 3.05) is 5.73 Å². The fraction of sp³-hybridized carbons (Fsp3) is 0.0741. The molecule has 0 spiro atoms. The highest BCUT2D eigenvalue weighted by Crippen LogP contribution is 2.28. The van der Waals surface area contributed by atoms with Gasteiger partial charge in [-0.1, -0.05) is 29.4 Å². The largest absolute Gasteiger partial charge is 0.398 e. The lowest BCUT2D eigenvalue weighted by Gasteiger charge is -2.12. The van der Waals surface area contributed by atoms with Gasteiger partial charge in [-0.3, -0.25) is 9.79 Å². The third-order valence-electron chi connectivity index (χ3n) is 5.39. The highest BCUT2D eigenvalue weighted by Gasteiger charge is 2.16. The van der Waals surface area contributed by atoms with Crippen molar-refractivity contribution in [1.82, 2.24) is 9.97 Å². The number of aromatic amines is 1. The number of amides is 1. The van der Waals surface area contributed by atoms with E-state index in [0.717, 1.165) is 18.2 Å². The second kappa shape index (κ2) is 10.3. The topological polar surface area (TPSA) is 110 Å². The Kier molecular flexibility index (Phi) is 7.00. The van der Waals surface area contributed by atoms with E-state index in [1.807, 2.05) is 0 Å². The van der Waals surface area contributed by atoms with E-state index in [-0.39, 0.29) is 28.3 Å². The van der Waals surface area contributed by atoms with Crippen LogP contribution in [0.15, 0.2) is 53.8 Å². The molecule has 2 heterocycles. The average molecular weight is 502 g/mol. The third kappa shape index (κ3) is 5.05. The van der Waals surface area contributed by atoms with Crippen LogP contribution in [0.5, 0.6) is 0 Å². The Labute approximate surface area is 210 Å². The van der Waals surface area contributed by atoms with Gasteiger partial charge in [0.2, 0.25) is 0 Å². The highest BCUT2D eigenvalue weighted by molar-refractivity contribution is 6.33. The summed E-state index contributed by atoms with van der Waals surface area (Å²) < 4.78 is 28.6. The van der Waals surface area contributed by atoms with E-state index in [0.29, 0.717) is 27.7 Å². The molecule has 1 unspecified atom stereocenters. The Balaban J connectivity index is 1.75.